The molecule has 0 aliphatic heterocycles. The van der Waals surface area contributed by atoms with Gasteiger partial charge in [0.25, 0.3) is 0 Å². The standard InChI is InChI=1S/C20H17Cl2N3O3S/c21-17-9-8-15(11-18(17)22)25-20(26)24-13-19(14-5-4-10-23-12-14)29(27,28)16-6-2-1-3-7-16/h1-12,19H,13H2,(H2,24,25,26). The number of sulfone groups is 1. The number of carbonyl (C=O) groups is 1. The second-order valence-electron chi connectivity index (χ2n) is 6.10. The van der Waals surface area contributed by atoms with Crippen molar-refractivity contribution in [2.45, 2.75) is 10.1 Å². The van der Waals surface area contributed by atoms with E-state index in [1.54, 1.807) is 48.7 Å². The third-order valence-corrected chi connectivity index (χ3v) is 6.98. The van der Waals surface area contributed by atoms with E-state index in [0.29, 0.717) is 21.3 Å². The fourth-order valence-corrected chi connectivity index (χ4v) is 4.65. The quantitative estimate of drug-likeness (QED) is 0.569. The van der Waals surface area contributed by atoms with E-state index < -0.39 is 21.1 Å². The molecule has 2 N–H and O–H groups in total. The molecule has 1 aromatic heterocycles. The van der Waals surface area contributed by atoms with Crippen LogP contribution in [0, 0.1) is 0 Å². The lowest BCUT2D eigenvalue weighted by Gasteiger charge is -2.19. The molecular weight excluding hydrogens is 433 g/mol. The first-order chi connectivity index (χ1) is 13.9. The van der Waals surface area contributed by atoms with Crippen molar-refractivity contribution in [2.24, 2.45) is 0 Å². The van der Waals surface area contributed by atoms with Crippen molar-refractivity contribution >= 4 is 44.8 Å². The van der Waals surface area contributed by atoms with Gasteiger partial charge in [-0.3, -0.25) is 4.98 Å². The summed E-state index contributed by atoms with van der Waals surface area (Å²) in [7, 11) is -3.76. The summed E-state index contributed by atoms with van der Waals surface area (Å²) in [6.45, 7) is -0.143. The van der Waals surface area contributed by atoms with E-state index in [1.165, 1.54) is 24.4 Å². The Kier molecular flexibility index (Phi) is 6.74. The molecular formula is C20H17Cl2N3O3S. The van der Waals surface area contributed by atoms with Crippen molar-refractivity contribution in [1.82, 2.24) is 10.3 Å². The van der Waals surface area contributed by atoms with Crippen molar-refractivity contribution in [3.8, 4) is 0 Å². The number of rotatable bonds is 6. The number of hydrogen-bond donors (Lipinski definition) is 2. The summed E-state index contributed by atoms with van der Waals surface area (Å²) in [5.41, 5.74) is 0.909. The first-order valence-electron chi connectivity index (χ1n) is 8.56. The summed E-state index contributed by atoms with van der Waals surface area (Å²) < 4.78 is 26.3. The first kappa shape index (κ1) is 21.1. The molecule has 6 nitrogen and oxygen atoms in total. The van der Waals surface area contributed by atoms with Crippen LogP contribution in [0.2, 0.25) is 10.0 Å². The van der Waals surface area contributed by atoms with E-state index in [1.807, 2.05) is 0 Å². The second-order valence-corrected chi connectivity index (χ2v) is 9.04. The van der Waals surface area contributed by atoms with Gasteiger partial charge in [-0.05, 0) is 42.0 Å². The monoisotopic (exact) mass is 449 g/mol. The van der Waals surface area contributed by atoms with Crippen molar-refractivity contribution in [1.29, 1.82) is 0 Å². The highest BCUT2D eigenvalue weighted by Gasteiger charge is 2.29. The number of carbonyl (C=O) groups excluding carboxylic acids is 1. The molecule has 0 fully saturated rings. The molecule has 3 rings (SSSR count). The normalized spacial score (nSPS) is 12.2. The maximum Gasteiger partial charge on any atom is 0.319 e. The predicted molar refractivity (Wildman–Crippen MR) is 114 cm³/mol. The highest BCUT2D eigenvalue weighted by atomic mass is 35.5. The summed E-state index contributed by atoms with van der Waals surface area (Å²) in [4.78, 5) is 16.5. The Morgan fingerprint density at radius 2 is 1.76 bits per heavy atom. The Labute approximate surface area is 178 Å². The number of nitrogens with zero attached hydrogens (tertiary/aromatic N) is 1. The molecule has 0 saturated heterocycles. The number of benzene rings is 2. The minimum Gasteiger partial charge on any atom is -0.336 e. The van der Waals surface area contributed by atoms with Crippen molar-refractivity contribution in [3.63, 3.8) is 0 Å². The number of pyridine rings is 1. The third-order valence-electron chi connectivity index (χ3n) is 4.13. The van der Waals surface area contributed by atoms with Crippen LogP contribution in [0.3, 0.4) is 0 Å². The molecule has 0 radical (unpaired) electrons. The average Bonchev–Trinajstić information content (AvgIpc) is 2.72. The molecule has 0 bridgehead atoms. The Morgan fingerprint density at radius 3 is 2.41 bits per heavy atom. The van der Waals surface area contributed by atoms with E-state index in [0.717, 1.165) is 0 Å². The molecule has 150 valence electrons. The second kappa shape index (κ2) is 9.26. The van der Waals surface area contributed by atoms with Gasteiger partial charge in [0.2, 0.25) is 0 Å². The summed E-state index contributed by atoms with van der Waals surface area (Å²) >= 11 is 11.8. The van der Waals surface area contributed by atoms with Crippen LogP contribution in [0.15, 0.2) is 78.0 Å². The predicted octanol–water partition coefficient (Wildman–Crippen LogP) is 4.73. The van der Waals surface area contributed by atoms with Crippen LogP contribution in [-0.2, 0) is 9.84 Å². The lowest BCUT2D eigenvalue weighted by Crippen LogP contribution is -2.35. The lowest BCUT2D eigenvalue weighted by molar-refractivity contribution is 0.252. The zero-order valence-electron chi connectivity index (χ0n) is 15.0. The van der Waals surface area contributed by atoms with Crippen molar-refractivity contribution in [3.05, 3.63) is 88.7 Å². The molecule has 1 heterocycles. The molecule has 0 aliphatic carbocycles. The minimum atomic E-state index is -3.76. The number of halogens is 2. The molecule has 2 aromatic carbocycles. The van der Waals surface area contributed by atoms with Gasteiger partial charge in [0, 0.05) is 24.6 Å². The van der Waals surface area contributed by atoms with Crippen molar-refractivity contribution < 1.29 is 13.2 Å². The maximum absolute atomic E-state index is 13.2. The molecule has 1 unspecified atom stereocenters. The molecule has 1 atom stereocenters. The fourth-order valence-electron chi connectivity index (χ4n) is 2.68. The van der Waals surface area contributed by atoms with Crippen LogP contribution in [-0.4, -0.2) is 26.0 Å². The molecule has 2 amide bonds. The van der Waals surface area contributed by atoms with E-state index in [2.05, 4.69) is 15.6 Å². The topological polar surface area (TPSA) is 88.2 Å². The van der Waals surface area contributed by atoms with Gasteiger partial charge in [-0.25, -0.2) is 13.2 Å². The number of anilines is 1. The van der Waals surface area contributed by atoms with Gasteiger partial charge in [-0.15, -0.1) is 0 Å². The van der Waals surface area contributed by atoms with Crippen LogP contribution in [0.4, 0.5) is 10.5 Å². The Hall–Kier alpha value is -2.61. The van der Waals surface area contributed by atoms with E-state index in [4.69, 9.17) is 23.2 Å². The zero-order valence-corrected chi connectivity index (χ0v) is 17.4. The van der Waals surface area contributed by atoms with Gasteiger partial charge < -0.3 is 10.6 Å². The molecule has 0 aliphatic rings. The molecule has 3 aromatic rings. The van der Waals surface area contributed by atoms with Crippen LogP contribution in [0.5, 0.6) is 0 Å². The molecule has 29 heavy (non-hydrogen) atoms. The molecule has 0 spiro atoms. The molecule has 0 saturated carbocycles. The smallest absolute Gasteiger partial charge is 0.319 e. The minimum absolute atomic E-state index is 0.143. The van der Waals surface area contributed by atoms with Crippen LogP contribution in [0.1, 0.15) is 10.8 Å². The lowest BCUT2D eigenvalue weighted by atomic mass is 10.2. The van der Waals surface area contributed by atoms with Gasteiger partial charge in [-0.2, -0.15) is 0 Å². The summed E-state index contributed by atoms with van der Waals surface area (Å²) in [6.07, 6.45) is 3.03. The molecule has 9 heteroatoms. The highest BCUT2D eigenvalue weighted by Crippen LogP contribution is 2.28. The first-order valence-corrected chi connectivity index (χ1v) is 10.9. The number of hydrogen-bond acceptors (Lipinski definition) is 4. The number of amides is 2. The SMILES string of the molecule is O=C(NCC(c1cccnc1)S(=O)(=O)c1ccccc1)Nc1ccc(Cl)c(Cl)c1. The van der Waals surface area contributed by atoms with Crippen molar-refractivity contribution in [2.75, 3.05) is 11.9 Å². The van der Waals surface area contributed by atoms with Gasteiger partial charge in [0.05, 0.1) is 14.9 Å². The maximum atomic E-state index is 13.2. The summed E-state index contributed by atoms with van der Waals surface area (Å²) in [5.74, 6) is 0. The van der Waals surface area contributed by atoms with Gasteiger partial charge in [0.1, 0.15) is 5.25 Å². The van der Waals surface area contributed by atoms with E-state index >= 15 is 0 Å². The number of aromatic nitrogens is 1. The van der Waals surface area contributed by atoms with Gasteiger partial charge in [-0.1, -0.05) is 47.5 Å². The van der Waals surface area contributed by atoms with Crippen LogP contribution >= 0.6 is 23.2 Å². The van der Waals surface area contributed by atoms with Gasteiger partial charge in [0.15, 0.2) is 9.84 Å². The Bertz CT molecular complexity index is 1090. The number of urea groups is 1. The largest absolute Gasteiger partial charge is 0.336 e. The van der Waals surface area contributed by atoms with Crippen LogP contribution < -0.4 is 10.6 Å². The van der Waals surface area contributed by atoms with Crippen LogP contribution in [0.25, 0.3) is 0 Å². The van der Waals surface area contributed by atoms with E-state index in [-0.39, 0.29) is 11.4 Å². The average molecular weight is 450 g/mol. The van der Waals surface area contributed by atoms with Gasteiger partial charge >= 0.3 is 6.03 Å². The Morgan fingerprint density at radius 1 is 1.00 bits per heavy atom. The number of nitrogens with one attached hydrogen (secondary N) is 2. The highest BCUT2D eigenvalue weighted by molar-refractivity contribution is 7.91. The fraction of sp³-hybridized carbons (Fsp3) is 0.100. The Balaban J connectivity index is 1.79. The summed E-state index contributed by atoms with van der Waals surface area (Å²) in [6, 6.07) is 15.5. The third kappa shape index (κ3) is 5.26. The van der Waals surface area contributed by atoms with E-state index in [9.17, 15) is 13.2 Å². The zero-order chi connectivity index (χ0) is 20.9. The summed E-state index contributed by atoms with van der Waals surface area (Å²) in [5, 5.41) is 4.87.